The van der Waals surface area contributed by atoms with Crippen molar-refractivity contribution in [2.75, 3.05) is 0 Å². The summed E-state index contributed by atoms with van der Waals surface area (Å²) in [6.07, 6.45) is 2.23. The summed E-state index contributed by atoms with van der Waals surface area (Å²) in [6, 6.07) is 3.91. The van der Waals surface area contributed by atoms with E-state index in [1.54, 1.807) is 6.08 Å². The lowest BCUT2D eigenvalue weighted by Crippen LogP contribution is -1.91. The van der Waals surface area contributed by atoms with Crippen LogP contribution in [0.25, 0.3) is 11.6 Å². The minimum absolute atomic E-state index is 0.112. The Morgan fingerprint density at radius 2 is 2.14 bits per heavy atom. The molecule has 0 amide bonds. The average molecular weight is 249 g/mol. The molecule has 2 heteroatoms. The van der Waals surface area contributed by atoms with Crippen molar-refractivity contribution in [2.24, 2.45) is 0 Å². The van der Waals surface area contributed by atoms with E-state index in [1.165, 1.54) is 0 Å². The molecule has 1 nitrogen and oxygen atoms in total. The van der Waals surface area contributed by atoms with Gasteiger partial charge in [0.15, 0.2) is 5.78 Å². The van der Waals surface area contributed by atoms with Crippen LogP contribution in [-0.2, 0) is 11.2 Å². The number of Topliss-reactive ketones (excluding diaryl/α,β-unsaturated/α-hetero) is 1. The van der Waals surface area contributed by atoms with E-state index in [0.29, 0.717) is 12.0 Å². The number of carbonyl (C=O) groups is 1. The molecule has 70 valence electrons. The zero-order valence-electron chi connectivity index (χ0n) is 7.64. The van der Waals surface area contributed by atoms with Gasteiger partial charge in [0, 0.05) is 16.5 Å². The van der Waals surface area contributed by atoms with Crippen molar-refractivity contribution in [3.8, 4) is 0 Å². The molecule has 0 atom stereocenters. The Balaban J connectivity index is 2.76. The Morgan fingerprint density at radius 1 is 1.43 bits per heavy atom. The maximum atomic E-state index is 11.5. The van der Waals surface area contributed by atoms with Gasteiger partial charge in [0.1, 0.15) is 0 Å². The molecule has 2 rings (SSSR count). The van der Waals surface area contributed by atoms with E-state index in [9.17, 15) is 4.79 Å². The molecule has 1 aliphatic rings. The van der Waals surface area contributed by atoms with Crippen LogP contribution in [0.5, 0.6) is 0 Å². The van der Waals surface area contributed by atoms with E-state index in [0.717, 1.165) is 21.2 Å². The number of hydrogen-bond donors (Lipinski definition) is 0. The van der Waals surface area contributed by atoms with Gasteiger partial charge in [-0.2, -0.15) is 0 Å². The van der Waals surface area contributed by atoms with Crippen LogP contribution in [0.1, 0.15) is 16.7 Å². The predicted octanol–water partition coefficient (Wildman–Crippen LogP) is 3.23. The van der Waals surface area contributed by atoms with Crippen LogP contribution in [0.3, 0.4) is 0 Å². The summed E-state index contributed by atoms with van der Waals surface area (Å²) in [7, 11) is 0. The SMILES string of the molecule is C=Cc1c(Br)ccc2c1C(=C)C(=O)C2. The second kappa shape index (κ2) is 3.21. The van der Waals surface area contributed by atoms with Crippen LogP contribution < -0.4 is 0 Å². The number of benzene rings is 1. The van der Waals surface area contributed by atoms with Gasteiger partial charge in [-0.1, -0.05) is 41.2 Å². The maximum absolute atomic E-state index is 11.5. The first-order valence-corrected chi connectivity index (χ1v) is 5.10. The monoisotopic (exact) mass is 248 g/mol. The lowest BCUT2D eigenvalue weighted by atomic mass is 10.0. The summed E-state index contributed by atoms with van der Waals surface area (Å²) in [4.78, 5) is 11.5. The molecule has 0 heterocycles. The van der Waals surface area contributed by atoms with Gasteiger partial charge in [-0.25, -0.2) is 0 Å². The molecule has 0 aliphatic heterocycles. The molecule has 0 N–H and O–H groups in total. The largest absolute Gasteiger partial charge is 0.294 e. The fourth-order valence-electron chi connectivity index (χ4n) is 1.76. The van der Waals surface area contributed by atoms with Gasteiger partial charge in [0.2, 0.25) is 0 Å². The number of fused-ring (bicyclic) bond motifs is 1. The van der Waals surface area contributed by atoms with E-state index in [2.05, 4.69) is 29.1 Å². The zero-order chi connectivity index (χ0) is 10.3. The summed E-state index contributed by atoms with van der Waals surface area (Å²) < 4.78 is 0.960. The van der Waals surface area contributed by atoms with Crippen LogP contribution in [0, 0.1) is 0 Å². The topological polar surface area (TPSA) is 17.1 Å². The van der Waals surface area contributed by atoms with Crippen molar-refractivity contribution >= 4 is 33.4 Å². The molecule has 0 fully saturated rings. The Morgan fingerprint density at radius 3 is 2.79 bits per heavy atom. The minimum Gasteiger partial charge on any atom is -0.294 e. The molecule has 1 aromatic carbocycles. The highest BCUT2D eigenvalue weighted by Crippen LogP contribution is 2.35. The van der Waals surface area contributed by atoms with Gasteiger partial charge < -0.3 is 0 Å². The van der Waals surface area contributed by atoms with Crippen LogP contribution >= 0.6 is 15.9 Å². The van der Waals surface area contributed by atoms with Crippen LogP contribution in [-0.4, -0.2) is 5.78 Å². The summed E-state index contributed by atoms with van der Waals surface area (Å²) in [5.74, 6) is 0.112. The summed E-state index contributed by atoms with van der Waals surface area (Å²) in [5.41, 5.74) is 3.59. The highest BCUT2D eigenvalue weighted by molar-refractivity contribution is 9.10. The first-order chi connectivity index (χ1) is 6.65. The number of ketones is 1. The molecule has 0 aromatic heterocycles. The standard InChI is InChI=1S/C12H9BrO/c1-3-9-10(13)5-4-8-6-11(14)7(2)12(8)9/h3-5H,1-2,6H2. The van der Waals surface area contributed by atoms with Crippen molar-refractivity contribution in [1.82, 2.24) is 0 Å². The lowest BCUT2D eigenvalue weighted by molar-refractivity contribution is -0.112. The summed E-state index contributed by atoms with van der Waals surface area (Å²) in [5, 5.41) is 0. The second-order valence-electron chi connectivity index (χ2n) is 3.28. The molecular formula is C12H9BrO. The Hall–Kier alpha value is -1.15. The van der Waals surface area contributed by atoms with E-state index in [1.807, 2.05) is 12.1 Å². The highest BCUT2D eigenvalue weighted by atomic mass is 79.9. The Labute approximate surface area is 91.3 Å². The first-order valence-electron chi connectivity index (χ1n) is 4.31. The number of allylic oxidation sites excluding steroid dienone is 1. The fourth-order valence-corrected chi connectivity index (χ4v) is 2.25. The number of rotatable bonds is 1. The number of halogens is 1. The van der Waals surface area contributed by atoms with E-state index < -0.39 is 0 Å². The van der Waals surface area contributed by atoms with Gasteiger partial charge in [-0.15, -0.1) is 0 Å². The van der Waals surface area contributed by atoms with Crippen molar-refractivity contribution in [3.05, 3.63) is 46.5 Å². The third-order valence-corrected chi connectivity index (χ3v) is 3.16. The quantitative estimate of drug-likeness (QED) is 0.698. The Bertz CT molecular complexity index is 458. The molecule has 0 saturated heterocycles. The Kier molecular flexibility index (Phi) is 2.16. The van der Waals surface area contributed by atoms with E-state index >= 15 is 0 Å². The number of hydrogen-bond acceptors (Lipinski definition) is 1. The predicted molar refractivity (Wildman–Crippen MR) is 62.0 cm³/mol. The molecular weight excluding hydrogens is 240 g/mol. The second-order valence-corrected chi connectivity index (χ2v) is 4.13. The fraction of sp³-hybridized carbons (Fsp3) is 0.0833. The van der Waals surface area contributed by atoms with Crippen LogP contribution in [0.2, 0.25) is 0 Å². The third-order valence-electron chi connectivity index (χ3n) is 2.47. The van der Waals surface area contributed by atoms with Crippen molar-refractivity contribution in [2.45, 2.75) is 6.42 Å². The van der Waals surface area contributed by atoms with Gasteiger partial charge in [0.25, 0.3) is 0 Å². The van der Waals surface area contributed by atoms with E-state index in [4.69, 9.17) is 0 Å². The maximum Gasteiger partial charge on any atom is 0.167 e. The van der Waals surface area contributed by atoms with Gasteiger partial charge >= 0.3 is 0 Å². The van der Waals surface area contributed by atoms with E-state index in [-0.39, 0.29) is 5.78 Å². The van der Waals surface area contributed by atoms with Gasteiger partial charge in [0.05, 0.1) is 0 Å². The molecule has 1 aliphatic carbocycles. The van der Waals surface area contributed by atoms with Crippen molar-refractivity contribution in [1.29, 1.82) is 0 Å². The lowest BCUT2D eigenvalue weighted by Gasteiger charge is -2.06. The first kappa shape index (κ1) is 9.41. The van der Waals surface area contributed by atoms with Gasteiger partial charge in [-0.3, -0.25) is 4.79 Å². The summed E-state index contributed by atoms with van der Waals surface area (Å²) >= 11 is 3.43. The molecule has 0 unspecified atom stereocenters. The molecule has 0 bridgehead atoms. The molecule has 0 radical (unpaired) electrons. The molecule has 14 heavy (non-hydrogen) atoms. The molecule has 1 aromatic rings. The molecule has 0 spiro atoms. The van der Waals surface area contributed by atoms with Gasteiger partial charge in [-0.05, 0) is 22.8 Å². The van der Waals surface area contributed by atoms with Crippen LogP contribution in [0.15, 0.2) is 29.8 Å². The smallest absolute Gasteiger partial charge is 0.167 e. The van der Waals surface area contributed by atoms with Crippen molar-refractivity contribution in [3.63, 3.8) is 0 Å². The normalized spacial score (nSPS) is 14.4. The summed E-state index contributed by atoms with van der Waals surface area (Å²) in [6.45, 7) is 7.55. The zero-order valence-corrected chi connectivity index (χ0v) is 9.23. The average Bonchev–Trinajstić information content (AvgIpc) is 2.45. The molecule has 0 saturated carbocycles. The third kappa shape index (κ3) is 1.18. The number of carbonyl (C=O) groups excluding carboxylic acids is 1. The highest BCUT2D eigenvalue weighted by Gasteiger charge is 2.25. The minimum atomic E-state index is 0.112. The van der Waals surface area contributed by atoms with Crippen LogP contribution in [0.4, 0.5) is 0 Å². The van der Waals surface area contributed by atoms with Crippen molar-refractivity contribution < 1.29 is 4.79 Å².